The van der Waals surface area contributed by atoms with E-state index in [-0.39, 0.29) is 16.4 Å². The van der Waals surface area contributed by atoms with Crippen molar-refractivity contribution >= 4 is 41.6 Å². The van der Waals surface area contributed by atoms with Gasteiger partial charge in [0, 0.05) is 33.8 Å². The van der Waals surface area contributed by atoms with Crippen LogP contribution in [0.15, 0.2) is 40.2 Å². The van der Waals surface area contributed by atoms with Gasteiger partial charge in [0.1, 0.15) is 0 Å². The van der Waals surface area contributed by atoms with Gasteiger partial charge < -0.3 is 4.90 Å². The van der Waals surface area contributed by atoms with Gasteiger partial charge in [-0.1, -0.05) is 28.9 Å². The highest BCUT2D eigenvalue weighted by Crippen LogP contribution is 2.23. The zero-order valence-corrected chi connectivity index (χ0v) is 14.1. The van der Waals surface area contributed by atoms with E-state index in [4.69, 9.17) is 10.7 Å². The Balaban J connectivity index is 3.21. The Labute approximate surface area is 132 Å². The van der Waals surface area contributed by atoms with Gasteiger partial charge >= 0.3 is 0 Å². The van der Waals surface area contributed by atoms with Gasteiger partial charge in [0.2, 0.25) is 0 Å². The van der Waals surface area contributed by atoms with Crippen LogP contribution >= 0.6 is 26.6 Å². The van der Waals surface area contributed by atoms with Gasteiger partial charge in [-0.15, -0.1) is 6.58 Å². The molecule has 0 bridgehead atoms. The van der Waals surface area contributed by atoms with Crippen molar-refractivity contribution in [3.05, 3.63) is 40.9 Å². The normalized spacial score (nSPS) is 11.2. The average molecular weight is 381 g/mol. The molecule has 0 N–H and O–H groups in total. The third-order valence-electron chi connectivity index (χ3n) is 2.53. The lowest BCUT2D eigenvalue weighted by molar-refractivity contribution is 0.0773. The second kappa shape index (κ2) is 7.24. The van der Waals surface area contributed by atoms with Crippen LogP contribution < -0.4 is 0 Å². The number of carbonyl (C=O) groups excluding carboxylic acids is 1. The number of hydrogen-bond acceptors (Lipinski definition) is 3. The molecular formula is C13H15BrClNO3S. The highest BCUT2D eigenvalue weighted by Gasteiger charge is 2.18. The first-order valence-electron chi connectivity index (χ1n) is 5.95. The second-order valence-electron chi connectivity index (χ2n) is 4.15. The van der Waals surface area contributed by atoms with Gasteiger partial charge in [-0.3, -0.25) is 4.79 Å². The van der Waals surface area contributed by atoms with Gasteiger partial charge in [-0.2, -0.15) is 0 Å². The number of nitrogens with zero attached hydrogens (tertiary/aromatic N) is 1. The van der Waals surface area contributed by atoms with E-state index in [2.05, 4.69) is 22.5 Å². The number of rotatable bonds is 6. The average Bonchev–Trinajstić information content (AvgIpc) is 2.36. The molecule has 0 unspecified atom stereocenters. The standard InChI is InChI=1S/C13H15BrClNO3S/c1-3-5-16(6-4-2)13(17)10-7-11(14)9-12(8-10)20(15,18)19/h3,7-9H,1,4-6H2,2H3. The molecule has 0 aliphatic heterocycles. The highest BCUT2D eigenvalue weighted by molar-refractivity contribution is 9.10. The lowest BCUT2D eigenvalue weighted by Crippen LogP contribution is -2.32. The molecule has 4 nitrogen and oxygen atoms in total. The molecule has 1 aromatic carbocycles. The molecular weight excluding hydrogens is 366 g/mol. The van der Waals surface area contributed by atoms with E-state index in [1.807, 2.05) is 6.92 Å². The first-order chi connectivity index (χ1) is 9.29. The second-order valence-corrected chi connectivity index (χ2v) is 7.63. The SMILES string of the molecule is C=CCN(CCC)C(=O)c1cc(Br)cc(S(=O)(=O)Cl)c1. The van der Waals surface area contributed by atoms with Crippen molar-refractivity contribution in [1.29, 1.82) is 0 Å². The first kappa shape index (κ1) is 17.2. The fraction of sp³-hybridized carbons (Fsp3) is 0.308. The molecule has 110 valence electrons. The van der Waals surface area contributed by atoms with Crippen LogP contribution in [0.2, 0.25) is 0 Å². The molecule has 0 aliphatic carbocycles. The molecule has 1 aromatic rings. The molecule has 1 rings (SSSR count). The summed E-state index contributed by atoms with van der Waals surface area (Å²) in [6.07, 6.45) is 2.43. The van der Waals surface area contributed by atoms with Gasteiger partial charge in [0.05, 0.1) is 4.90 Å². The molecule has 0 aliphatic rings. The summed E-state index contributed by atoms with van der Waals surface area (Å²) in [6, 6.07) is 4.21. The van der Waals surface area contributed by atoms with Crippen molar-refractivity contribution in [3.63, 3.8) is 0 Å². The zero-order chi connectivity index (χ0) is 15.3. The summed E-state index contributed by atoms with van der Waals surface area (Å²) >= 11 is 3.19. The van der Waals surface area contributed by atoms with Crippen LogP contribution in [0.25, 0.3) is 0 Å². The molecule has 0 atom stereocenters. The van der Waals surface area contributed by atoms with Gasteiger partial charge in [-0.05, 0) is 24.6 Å². The summed E-state index contributed by atoms with van der Waals surface area (Å²) in [6.45, 7) is 6.54. The van der Waals surface area contributed by atoms with Crippen LogP contribution in [0.1, 0.15) is 23.7 Å². The molecule has 0 saturated heterocycles. The first-order valence-corrected chi connectivity index (χ1v) is 9.05. The van der Waals surface area contributed by atoms with E-state index in [0.717, 1.165) is 6.42 Å². The van der Waals surface area contributed by atoms with Gasteiger partial charge in [-0.25, -0.2) is 8.42 Å². The van der Waals surface area contributed by atoms with Crippen molar-refractivity contribution in [1.82, 2.24) is 4.90 Å². The van der Waals surface area contributed by atoms with E-state index in [0.29, 0.717) is 17.6 Å². The molecule has 20 heavy (non-hydrogen) atoms. The van der Waals surface area contributed by atoms with E-state index in [1.165, 1.54) is 12.1 Å². The van der Waals surface area contributed by atoms with Crippen LogP contribution in [0.4, 0.5) is 0 Å². The zero-order valence-electron chi connectivity index (χ0n) is 11.0. The topological polar surface area (TPSA) is 54.5 Å². The van der Waals surface area contributed by atoms with Gasteiger partial charge in [0.25, 0.3) is 15.0 Å². The Bertz CT molecular complexity index is 616. The van der Waals surface area contributed by atoms with Crippen molar-refractivity contribution < 1.29 is 13.2 Å². The molecule has 0 saturated carbocycles. The van der Waals surface area contributed by atoms with Crippen LogP contribution in [-0.4, -0.2) is 32.3 Å². The summed E-state index contributed by atoms with van der Waals surface area (Å²) in [5.41, 5.74) is 0.272. The summed E-state index contributed by atoms with van der Waals surface area (Å²) < 4.78 is 23.3. The molecule has 0 radical (unpaired) electrons. The molecule has 0 aromatic heterocycles. The third kappa shape index (κ3) is 4.61. The Morgan fingerprint density at radius 1 is 1.45 bits per heavy atom. The summed E-state index contributed by atoms with van der Waals surface area (Å²) in [5, 5.41) is 0. The highest BCUT2D eigenvalue weighted by atomic mass is 79.9. The number of hydrogen-bond donors (Lipinski definition) is 0. The van der Waals surface area contributed by atoms with E-state index < -0.39 is 9.05 Å². The minimum absolute atomic E-state index is 0.105. The fourth-order valence-electron chi connectivity index (χ4n) is 1.71. The summed E-state index contributed by atoms with van der Waals surface area (Å²) in [4.78, 5) is 13.9. The lowest BCUT2D eigenvalue weighted by atomic mass is 10.2. The minimum Gasteiger partial charge on any atom is -0.335 e. The number of amides is 1. The third-order valence-corrected chi connectivity index (χ3v) is 4.32. The Hall–Kier alpha value is -0.850. The largest absolute Gasteiger partial charge is 0.335 e. The summed E-state index contributed by atoms with van der Waals surface area (Å²) in [5.74, 6) is -0.255. The molecule has 0 heterocycles. The van der Waals surface area contributed by atoms with Crippen molar-refractivity contribution in [2.45, 2.75) is 18.2 Å². The predicted molar refractivity (Wildman–Crippen MR) is 83.6 cm³/mol. The van der Waals surface area contributed by atoms with E-state index in [9.17, 15) is 13.2 Å². The molecule has 0 fully saturated rings. The maximum atomic E-state index is 12.4. The van der Waals surface area contributed by atoms with Crippen molar-refractivity contribution in [3.8, 4) is 0 Å². The van der Waals surface area contributed by atoms with Gasteiger partial charge in [0.15, 0.2) is 0 Å². The van der Waals surface area contributed by atoms with Crippen molar-refractivity contribution in [2.24, 2.45) is 0 Å². The molecule has 7 heteroatoms. The number of halogens is 2. The van der Waals surface area contributed by atoms with Crippen LogP contribution in [0, 0.1) is 0 Å². The Morgan fingerprint density at radius 3 is 2.60 bits per heavy atom. The minimum atomic E-state index is -3.88. The van der Waals surface area contributed by atoms with Crippen molar-refractivity contribution in [2.75, 3.05) is 13.1 Å². The quantitative estimate of drug-likeness (QED) is 0.561. The molecule has 1 amide bonds. The summed E-state index contributed by atoms with van der Waals surface area (Å²) in [7, 11) is 1.44. The Kier molecular flexibility index (Phi) is 6.23. The number of carbonyl (C=O) groups is 1. The maximum absolute atomic E-state index is 12.4. The number of benzene rings is 1. The van der Waals surface area contributed by atoms with Crippen LogP contribution in [0.5, 0.6) is 0 Å². The van der Waals surface area contributed by atoms with Crippen LogP contribution in [-0.2, 0) is 9.05 Å². The van der Waals surface area contributed by atoms with E-state index in [1.54, 1.807) is 17.0 Å². The smallest absolute Gasteiger partial charge is 0.261 e. The lowest BCUT2D eigenvalue weighted by Gasteiger charge is -2.20. The fourth-order valence-corrected chi connectivity index (χ4v) is 3.16. The monoisotopic (exact) mass is 379 g/mol. The van der Waals surface area contributed by atoms with E-state index >= 15 is 0 Å². The predicted octanol–water partition coefficient (Wildman–Crippen LogP) is 3.41. The Morgan fingerprint density at radius 2 is 2.10 bits per heavy atom. The van der Waals surface area contributed by atoms with Crippen LogP contribution in [0.3, 0.4) is 0 Å². The maximum Gasteiger partial charge on any atom is 0.261 e. The molecule has 0 spiro atoms.